The van der Waals surface area contributed by atoms with Gasteiger partial charge in [-0.15, -0.1) is 0 Å². The number of aryl methyl sites for hydroxylation is 1. The van der Waals surface area contributed by atoms with Gasteiger partial charge >= 0.3 is 12.1 Å². The number of carboxylic acid groups (broad SMARTS) is 1. The Balaban J connectivity index is 2.91. The Kier molecular flexibility index (Phi) is 3.90. The maximum Gasteiger partial charge on any atom is 0.413 e. The summed E-state index contributed by atoms with van der Waals surface area (Å²) in [4.78, 5) is 26.4. The number of carbonyl (C=O) groups excluding carboxylic acids is 1. The number of pyridine rings is 1. The van der Waals surface area contributed by atoms with Gasteiger partial charge in [0.15, 0.2) is 0 Å². The van der Waals surface area contributed by atoms with E-state index in [2.05, 4.69) is 10.3 Å². The fourth-order valence-corrected chi connectivity index (χ4v) is 1.23. The minimum Gasteiger partial charge on any atom is -0.478 e. The molecular weight excluding hydrogens is 236 g/mol. The number of hydrogen-bond acceptors (Lipinski definition) is 4. The van der Waals surface area contributed by atoms with Crippen LogP contribution in [-0.4, -0.2) is 27.8 Å². The number of rotatable bonds is 2. The van der Waals surface area contributed by atoms with Crippen molar-refractivity contribution in [1.82, 2.24) is 4.98 Å². The molecule has 0 fully saturated rings. The Morgan fingerprint density at radius 3 is 2.50 bits per heavy atom. The fourth-order valence-electron chi connectivity index (χ4n) is 1.23. The lowest BCUT2D eigenvalue weighted by Crippen LogP contribution is -2.28. The highest BCUT2D eigenvalue weighted by molar-refractivity contribution is 5.97. The van der Waals surface area contributed by atoms with Crippen molar-refractivity contribution in [3.63, 3.8) is 0 Å². The normalized spacial score (nSPS) is 10.9. The second kappa shape index (κ2) is 5.03. The number of aromatic nitrogens is 1. The van der Waals surface area contributed by atoms with E-state index in [4.69, 9.17) is 9.84 Å². The summed E-state index contributed by atoms with van der Waals surface area (Å²) in [5.74, 6) is -1.18. The molecular formula is C12H16N2O4. The summed E-state index contributed by atoms with van der Waals surface area (Å²) in [5.41, 5.74) is -0.0268. The molecule has 0 bridgehead atoms. The summed E-state index contributed by atoms with van der Waals surface area (Å²) in [6.45, 7) is 6.87. The van der Waals surface area contributed by atoms with Crippen LogP contribution in [0.15, 0.2) is 12.3 Å². The van der Waals surface area contributed by atoms with Crippen LogP contribution in [0.3, 0.4) is 0 Å². The summed E-state index contributed by atoms with van der Waals surface area (Å²) >= 11 is 0. The van der Waals surface area contributed by atoms with Gasteiger partial charge in [-0.2, -0.15) is 0 Å². The standard InChI is InChI=1S/C12H16N2O4/c1-7-5-8(10(15)16)9(13-6-7)14-11(17)18-12(2,3)4/h5-6H,1-4H3,(H,15,16)(H,13,14,17). The SMILES string of the molecule is Cc1cnc(NC(=O)OC(C)(C)C)c(C(=O)O)c1. The van der Waals surface area contributed by atoms with E-state index in [0.29, 0.717) is 5.56 Å². The van der Waals surface area contributed by atoms with Gasteiger partial charge in [-0.1, -0.05) is 0 Å². The minimum absolute atomic E-state index is 0.0256. The predicted octanol–water partition coefficient (Wildman–Crippen LogP) is 2.44. The van der Waals surface area contributed by atoms with Crippen molar-refractivity contribution in [3.05, 3.63) is 23.4 Å². The van der Waals surface area contributed by atoms with E-state index in [0.717, 1.165) is 0 Å². The fraction of sp³-hybridized carbons (Fsp3) is 0.417. The zero-order chi connectivity index (χ0) is 13.9. The Morgan fingerprint density at radius 1 is 1.39 bits per heavy atom. The van der Waals surface area contributed by atoms with Gasteiger partial charge < -0.3 is 9.84 Å². The van der Waals surface area contributed by atoms with Gasteiger partial charge in [-0.25, -0.2) is 14.6 Å². The first kappa shape index (κ1) is 14.0. The summed E-state index contributed by atoms with van der Waals surface area (Å²) in [6, 6.07) is 1.43. The van der Waals surface area contributed by atoms with Crippen LogP contribution in [0, 0.1) is 6.92 Å². The lowest BCUT2D eigenvalue weighted by Gasteiger charge is -2.19. The largest absolute Gasteiger partial charge is 0.478 e. The number of hydrogen-bond donors (Lipinski definition) is 2. The summed E-state index contributed by atoms with van der Waals surface area (Å²) in [7, 11) is 0. The third kappa shape index (κ3) is 4.04. The van der Waals surface area contributed by atoms with Crippen molar-refractivity contribution < 1.29 is 19.4 Å². The number of nitrogens with one attached hydrogen (secondary N) is 1. The average Bonchev–Trinajstić information content (AvgIpc) is 2.17. The quantitative estimate of drug-likeness (QED) is 0.843. The second-order valence-corrected chi connectivity index (χ2v) is 4.84. The zero-order valence-corrected chi connectivity index (χ0v) is 10.8. The average molecular weight is 252 g/mol. The van der Waals surface area contributed by atoms with Crippen molar-refractivity contribution in [3.8, 4) is 0 Å². The number of aromatic carboxylic acids is 1. The van der Waals surface area contributed by atoms with E-state index in [9.17, 15) is 9.59 Å². The molecule has 6 nitrogen and oxygen atoms in total. The maximum atomic E-state index is 11.5. The van der Waals surface area contributed by atoms with Gasteiger partial charge in [0, 0.05) is 6.20 Å². The summed E-state index contributed by atoms with van der Waals surface area (Å²) < 4.78 is 5.02. The van der Waals surface area contributed by atoms with Crippen LogP contribution < -0.4 is 5.32 Å². The first-order valence-electron chi connectivity index (χ1n) is 5.39. The van der Waals surface area contributed by atoms with E-state index in [1.807, 2.05) is 0 Å². The number of anilines is 1. The molecule has 1 heterocycles. The summed E-state index contributed by atoms with van der Waals surface area (Å²) in [5, 5.41) is 11.3. The van der Waals surface area contributed by atoms with E-state index in [-0.39, 0.29) is 11.4 Å². The molecule has 0 aromatic carbocycles. The predicted molar refractivity (Wildman–Crippen MR) is 65.8 cm³/mol. The molecule has 1 rings (SSSR count). The molecule has 1 aromatic rings. The zero-order valence-electron chi connectivity index (χ0n) is 10.8. The molecule has 0 unspecified atom stereocenters. The Morgan fingerprint density at radius 2 is 2.00 bits per heavy atom. The van der Waals surface area contributed by atoms with Gasteiger partial charge in [0.25, 0.3) is 0 Å². The first-order chi connectivity index (χ1) is 8.19. The van der Waals surface area contributed by atoms with Crippen LogP contribution in [-0.2, 0) is 4.74 Å². The molecule has 0 aliphatic carbocycles. The van der Waals surface area contributed by atoms with Gasteiger partial charge in [0.05, 0.1) is 0 Å². The number of amides is 1. The number of ether oxygens (including phenoxy) is 1. The lowest BCUT2D eigenvalue weighted by atomic mass is 10.2. The molecule has 1 aromatic heterocycles. The first-order valence-corrected chi connectivity index (χ1v) is 5.39. The molecule has 0 saturated carbocycles. The molecule has 1 amide bonds. The minimum atomic E-state index is -1.16. The van der Waals surface area contributed by atoms with Crippen LogP contribution in [0.2, 0.25) is 0 Å². The molecule has 0 radical (unpaired) electrons. The van der Waals surface area contributed by atoms with Crippen LogP contribution in [0.5, 0.6) is 0 Å². The second-order valence-electron chi connectivity index (χ2n) is 4.84. The highest BCUT2D eigenvalue weighted by atomic mass is 16.6. The molecule has 6 heteroatoms. The maximum absolute atomic E-state index is 11.5. The molecule has 2 N–H and O–H groups in total. The van der Waals surface area contributed by atoms with Crippen LogP contribution in [0.4, 0.5) is 10.6 Å². The molecule has 0 saturated heterocycles. The van der Waals surface area contributed by atoms with E-state index >= 15 is 0 Å². The van der Waals surface area contributed by atoms with Crippen molar-refractivity contribution in [2.45, 2.75) is 33.3 Å². The van der Waals surface area contributed by atoms with Gasteiger partial charge in [-0.05, 0) is 39.3 Å². The van der Waals surface area contributed by atoms with Gasteiger partial charge in [-0.3, -0.25) is 5.32 Å². The Labute approximate surface area is 105 Å². The van der Waals surface area contributed by atoms with Crippen LogP contribution >= 0.6 is 0 Å². The smallest absolute Gasteiger partial charge is 0.413 e. The summed E-state index contributed by atoms with van der Waals surface area (Å²) in [6.07, 6.45) is 0.737. The van der Waals surface area contributed by atoms with E-state index in [1.165, 1.54) is 12.3 Å². The van der Waals surface area contributed by atoms with Crippen LogP contribution in [0.25, 0.3) is 0 Å². The number of carbonyl (C=O) groups is 2. The Hall–Kier alpha value is -2.11. The lowest BCUT2D eigenvalue weighted by molar-refractivity contribution is 0.0635. The van der Waals surface area contributed by atoms with Crippen LogP contribution in [0.1, 0.15) is 36.7 Å². The molecule has 0 aliphatic heterocycles. The highest BCUT2D eigenvalue weighted by Crippen LogP contribution is 2.15. The van der Waals surface area contributed by atoms with Crippen molar-refractivity contribution >= 4 is 17.9 Å². The third-order valence-electron chi connectivity index (χ3n) is 1.87. The van der Waals surface area contributed by atoms with Gasteiger partial charge in [0.2, 0.25) is 0 Å². The molecule has 0 atom stereocenters. The molecule has 18 heavy (non-hydrogen) atoms. The monoisotopic (exact) mass is 252 g/mol. The van der Waals surface area contributed by atoms with E-state index in [1.54, 1.807) is 27.7 Å². The van der Waals surface area contributed by atoms with Crippen molar-refractivity contribution in [2.75, 3.05) is 5.32 Å². The highest BCUT2D eigenvalue weighted by Gasteiger charge is 2.19. The van der Waals surface area contributed by atoms with Gasteiger partial charge in [0.1, 0.15) is 17.0 Å². The molecule has 0 aliphatic rings. The molecule has 98 valence electrons. The Bertz CT molecular complexity index is 477. The number of carboxylic acids is 1. The van der Waals surface area contributed by atoms with E-state index < -0.39 is 17.7 Å². The number of nitrogens with zero attached hydrogens (tertiary/aromatic N) is 1. The van der Waals surface area contributed by atoms with Crippen molar-refractivity contribution in [1.29, 1.82) is 0 Å². The topological polar surface area (TPSA) is 88.5 Å². The molecule has 0 spiro atoms. The van der Waals surface area contributed by atoms with Crippen molar-refractivity contribution in [2.24, 2.45) is 0 Å². The third-order valence-corrected chi connectivity index (χ3v) is 1.87.